The van der Waals surface area contributed by atoms with Crippen LogP contribution in [0.4, 0.5) is 19.0 Å². The van der Waals surface area contributed by atoms with Crippen molar-refractivity contribution in [2.75, 3.05) is 23.9 Å². The molecule has 0 N–H and O–H groups in total. The number of hydrogen-bond acceptors (Lipinski definition) is 3. The van der Waals surface area contributed by atoms with Crippen molar-refractivity contribution in [3.05, 3.63) is 18.1 Å². The molecule has 0 aromatic carbocycles. The number of alkyl halides is 4. The van der Waals surface area contributed by atoms with E-state index >= 15 is 0 Å². The van der Waals surface area contributed by atoms with Crippen LogP contribution in [0.3, 0.4) is 0 Å². The molecule has 0 unspecified atom stereocenters. The Kier molecular flexibility index (Phi) is 5.65. The molecule has 0 fully saturated rings. The molecule has 0 spiro atoms. The first-order valence-electron chi connectivity index (χ1n) is 5.65. The molecule has 0 amide bonds. The van der Waals surface area contributed by atoms with Gasteiger partial charge in [0.15, 0.2) is 0 Å². The van der Waals surface area contributed by atoms with Gasteiger partial charge >= 0.3 is 6.18 Å². The number of aromatic nitrogens is 2. The largest absolute Gasteiger partial charge is 0.405 e. The average Bonchev–Trinajstić information content (AvgIpc) is 2.28. The minimum Gasteiger partial charge on any atom is -0.346 e. The minimum absolute atomic E-state index is 0.101. The van der Waals surface area contributed by atoms with E-state index in [0.717, 1.165) is 23.4 Å². The zero-order valence-corrected chi connectivity index (χ0v) is 10.8. The van der Waals surface area contributed by atoms with Crippen molar-refractivity contribution in [1.82, 2.24) is 9.97 Å². The lowest BCUT2D eigenvalue weighted by Gasteiger charge is -2.24. The zero-order valence-electron chi connectivity index (χ0n) is 10.0. The molecule has 0 bridgehead atoms. The first-order valence-corrected chi connectivity index (χ1v) is 6.18. The number of hydrogen-bond donors (Lipinski definition) is 0. The van der Waals surface area contributed by atoms with Crippen LogP contribution in [0.1, 0.15) is 19.0 Å². The molecular weight excluding hydrogens is 267 g/mol. The van der Waals surface area contributed by atoms with E-state index in [1.54, 1.807) is 6.07 Å². The Morgan fingerprint density at radius 2 is 2.06 bits per heavy atom. The molecule has 1 rings (SSSR count). The molecule has 0 atom stereocenters. The van der Waals surface area contributed by atoms with Crippen LogP contribution >= 0.6 is 11.6 Å². The van der Waals surface area contributed by atoms with Gasteiger partial charge in [-0.15, -0.1) is 11.6 Å². The van der Waals surface area contributed by atoms with Gasteiger partial charge in [-0.2, -0.15) is 13.2 Å². The van der Waals surface area contributed by atoms with Crippen molar-refractivity contribution in [2.45, 2.75) is 25.9 Å². The van der Waals surface area contributed by atoms with E-state index in [1.807, 2.05) is 6.92 Å². The van der Waals surface area contributed by atoms with Crippen molar-refractivity contribution in [2.24, 2.45) is 0 Å². The molecule has 1 aromatic heterocycles. The summed E-state index contributed by atoms with van der Waals surface area (Å²) in [7, 11) is 0. The fourth-order valence-electron chi connectivity index (χ4n) is 1.54. The van der Waals surface area contributed by atoms with Crippen LogP contribution in [0, 0.1) is 0 Å². The summed E-state index contributed by atoms with van der Waals surface area (Å²) in [5.41, 5.74) is 0.740. The topological polar surface area (TPSA) is 29.0 Å². The lowest BCUT2D eigenvalue weighted by atomic mass is 10.2. The van der Waals surface area contributed by atoms with Crippen LogP contribution in [0.15, 0.2) is 12.4 Å². The Hall–Kier alpha value is -1.04. The molecule has 0 saturated heterocycles. The van der Waals surface area contributed by atoms with Crippen molar-refractivity contribution >= 4 is 17.4 Å². The quantitative estimate of drug-likeness (QED) is 0.751. The summed E-state index contributed by atoms with van der Waals surface area (Å²) < 4.78 is 37.3. The van der Waals surface area contributed by atoms with Crippen LogP contribution in [-0.2, 0) is 6.42 Å². The van der Waals surface area contributed by atoms with Gasteiger partial charge in [0.05, 0.1) is 0 Å². The minimum atomic E-state index is -4.28. The molecule has 0 aliphatic heterocycles. The number of halogens is 4. The average molecular weight is 282 g/mol. The lowest BCUT2D eigenvalue weighted by molar-refractivity contribution is -0.119. The SMILES string of the molecule is CCCc1cc(N(CCCl)CC(F)(F)F)ncn1. The lowest BCUT2D eigenvalue weighted by Crippen LogP contribution is -2.36. The van der Waals surface area contributed by atoms with Gasteiger partial charge in [0.1, 0.15) is 18.7 Å². The van der Waals surface area contributed by atoms with Crippen molar-refractivity contribution in [3.63, 3.8) is 0 Å². The number of rotatable bonds is 6. The van der Waals surface area contributed by atoms with Gasteiger partial charge in [0.2, 0.25) is 0 Å². The van der Waals surface area contributed by atoms with Crippen molar-refractivity contribution < 1.29 is 13.2 Å². The van der Waals surface area contributed by atoms with Gasteiger partial charge in [-0.3, -0.25) is 0 Å². The monoisotopic (exact) mass is 281 g/mol. The second-order valence-corrected chi connectivity index (χ2v) is 4.22. The first kappa shape index (κ1) is 15.0. The van der Waals surface area contributed by atoms with Gasteiger partial charge in [0.25, 0.3) is 0 Å². The fraction of sp³-hybridized carbons (Fsp3) is 0.636. The summed E-state index contributed by atoms with van der Waals surface area (Å²) in [5.74, 6) is 0.384. The zero-order chi connectivity index (χ0) is 13.6. The molecule has 1 aromatic rings. The molecule has 7 heteroatoms. The molecule has 0 saturated carbocycles. The van der Waals surface area contributed by atoms with E-state index in [-0.39, 0.29) is 18.2 Å². The predicted molar refractivity (Wildman–Crippen MR) is 65.0 cm³/mol. The second-order valence-electron chi connectivity index (χ2n) is 3.84. The first-order chi connectivity index (χ1) is 8.46. The van der Waals surface area contributed by atoms with Crippen LogP contribution in [-0.4, -0.2) is 35.1 Å². The summed E-state index contributed by atoms with van der Waals surface area (Å²) in [6, 6.07) is 1.59. The van der Waals surface area contributed by atoms with Crippen LogP contribution in [0.5, 0.6) is 0 Å². The summed E-state index contributed by atoms with van der Waals surface area (Å²) in [4.78, 5) is 9.02. The molecule has 0 radical (unpaired) electrons. The highest BCUT2D eigenvalue weighted by Gasteiger charge is 2.31. The molecular formula is C11H15ClF3N3. The Balaban J connectivity index is 2.87. The Labute approximate surface area is 109 Å². The standard InChI is InChI=1S/C11H15ClF3N3/c1-2-3-9-6-10(17-8-16-9)18(5-4-12)7-11(13,14)15/h6,8H,2-5,7H2,1H3. The normalized spacial score (nSPS) is 11.6. The van der Waals surface area contributed by atoms with Gasteiger partial charge in [-0.25, -0.2) is 9.97 Å². The van der Waals surface area contributed by atoms with Crippen molar-refractivity contribution in [1.29, 1.82) is 0 Å². The Morgan fingerprint density at radius 3 is 2.61 bits per heavy atom. The summed E-state index contributed by atoms with van der Waals surface area (Å²) in [5, 5.41) is 0. The molecule has 0 aliphatic rings. The third kappa shape index (κ3) is 5.08. The molecule has 3 nitrogen and oxygen atoms in total. The molecule has 18 heavy (non-hydrogen) atoms. The van der Waals surface area contributed by atoms with Crippen LogP contribution < -0.4 is 4.90 Å². The van der Waals surface area contributed by atoms with E-state index in [4.69, 9.17) is 11.6 Å². The molecule has 102 valence electrons. The Morgan fingerprint density at radius 1 is 1.33 bits per heavy atom. The van der Waals surface area contributed by atoms with Crippen LogP contribution in [0.2, 0.25) is 0 Å². The van der Waals surface area contributed by atoms with Gasteiger partial charge in [-0.05, 0) is 6.42 Å². The van der Waals surface area contributed by atoms with E-state index in [2.05, 4.69) is 9.97 Å². The van der Waals surface area contributed by atoms with Gasteiger partial charge in [0, 0.05) is 24.2 Å². The number of anilines is 1. The molecule has 0 aliphatic carbocycles. The van der Waals surface area contributed by atoms with E-state index in [0.29, 0.717) is 0 Å². The smallest absolute Gasteiger partial charge is 0.346 e. The Bertz CT molecular complexity index is 371. The van der Waals surface area contributed by atoms with Crippen molar-refractivity contribution in [3.8, 4) is 0 Å². The predicted octanol–water partition coefficient (Wildman–Crippen LogP) is 3.04. The maximum absolute atomic E-state index is 12.4. The van der Waals surface area contributed by atoms with Gasteiger partial charge in [-0.1, -0.05) is 13.3 Å². The molecule has 1 heterocycles. The second kappa shape index (κ2) is 6.78. The third-order valence-electron chi connectivity index (χ3n) is 2.26. The summed E-state index contributed by atoms with van der Waals surface area (Å²) >= 11 is 5.52. The van der Waals surface area contributed by atoms with E-state index < -0.39 is 12.7 Å². The number of aryl methyl sites for hydroxylation is 1. The summed E-state index contributed by atoms with van der Waals surface area (Å²) in [6.45, 7) is 1.03. The van der Waals surface area contributed by atoms with Crippen LogP contribution in [0.25, 0.3) is 0 Å². The summed E-state index contributed by atoms with van der Waals surface area (Å²) in [6.07, 6.45) is -1.39. The highest BCUT2D eigenvalue weighted by Crippen LogP contribution is 2.21. The maximum atomic E-state index is 12.4. The number of nitrogens with zero attached hydrogens (tertiary/aromatic N) is 3. The van der Waals surface area contributed by atoms with E-state index in [9.17, 15) is 13.2 Å². The van der Waals surface area contributed by atoms with Gasteiger partial charge < -0.3 is 4.90 Å². The van der Waals surface area contributed by atoms with E-state index in [1.165, 1.54) is 6.33 Å². The highest BCUT2D eigenvalue weighted by molar-refractivity contribution is 6.18. The highest BCUT2D eigenvalue weighted by atomic mass is 35.5. The maximum Gasteiger partial charge on any atom is 0.405 e. The third-order valence-corrected chi connectivity index (χ3v) is 2.43. The fourth-order valence-corrected chi connectivity index (χ4v) is 1.75.